The Balaban J connectivity index is 1.52. The normalized spacial score (nSPS) is 16.7. The maximum absolute atomic E-state index is 3.50. The van der Waals surface area contributed by atoms with Crippen molar-refractivity contribution in [1.29, 1.82) is 0 Å². The average Bonchev–Trinajstić information content (AvgIpc) is 2.80. The summed E-state index contributed by atoms with van der Waals surface area (Å²) < 4.78 is 3.50. The summed E-state index contributed by atoms with van der Waals surface area (Å²) in [6, 6.07) is 6.66. The van der Waals surface area contributed by atoms with Crippen LogP contribution in [0.1, 0.15) is 30.5 Å². The van der Waals surface area contributed by atoms with E-state index in [4.69, 9.17) is 0 Å². The Kier molecular flexibility index (Phi) is 4.88. The van der Waals surface area contributed by atoms with Gasteiger partial charge >= 0.3 is 0 Å². The van der Waals surface area contributed by atoms with Crippen molar-refractivity contribution >= 4 is 22.9 Å². The lowest BCUT2D eigenvalue weighted by Crippen LogP contribution is -2.34. The molecular weight excluding hydrogens is 278 g/mol. The molecule has 2 N–H and O–H groups in total. The van der Waals surface area contributed by atoms with Crippen LogP contribution in [0.5, 0.6) is 0 Å². The molecule has 3 nitrogen and oxygen atoms in total. The van der Waals surface area contributed by atoms with Crippen molar-refractivity contribution in [2.75, 3.05) is 26.2 Å². The summed E-state index contributed by atoms with van der Waals surface area (Å²) in [5.41, 5.74) is 3.87. The van der Waals surface area contributed by atoms with Crippen LogP contribution < -0.4 is 4.72 Å². The molecule has 1 saturated heterocycles. The number of aromatic amines is 1. The maximum atomic E-state index is 3.50. The Morgan fingerprint density at radius 3 is 2.81 bits per heavy atom. The van der Waals surface area contributed by atoms with E-state index in [0.717, 1.165) is 13.1 Å². The zero-order chi connectivity index (χ0) is 14.7. The molecular formula is C17H25N3S. The van der Waals surface area contributed by atoms with E-state index in [2.05, 4.69) is 46.7 Å². The monoisotopic (exact) mass is 303 g/mol. The lowest BCUT2D eigenvalue weighted by molar-refractivity contribution is 0.233. The van der Waals surface area contributed by atoms with Crippen molar-refractivity contribution < 1.29 is 0 Å². The summed E-state index contributed by atoms with van der Waals surface area (Å²) in [4.78, 5) is 7.29. The number of nitrogens with zero attached hydrogens (tertiary/aromatic N) is 1. The van der Waals surface area contributed by atoms with Crippen LogP contribution in [0.2, 0.25) is 0 Å². The number of hydrogen-bond acceptors (Lipinski definition) is 3. The summed E-state index contributed by atoms with van der Waals surface area (Å²) in [5, 5.41) is 1.34. The Labute approximate surface area is 131 Å². The minimum Gasteiger partial charge on any atom is -0.358 e. The van der Waals surface area contributed by atoms with Crippen molar-refractivity contribution in [3.63, 3.8) is 0 Å². The fourth-order valence-corrected chi connectivity index (χ4v) is 3.70. The lowest BCUT2D eigenvalue weighted by atomic mass is 10.1. The van der Waals surface area contributed by atoms with Gasteiger partial charge in [0.05, 0.1) is 0 Å². The number of nitrogens with one attached hydrogen (secondary N) is 2. The van der Waals surface area contributed by atoms with Gasteiger partial charge < -0.3 is 9.88 Å². The number of piperidine rings is 1. The molecule has 0 aliphatic carbocycles. The zero-order valence-corrected chi connectivity index (χ0v) is 13.9. The van der Waals surface area contributed by atoms with E-state index in [9.17, 15) is 0 Å². The molecule has 0 radical (unpaired) electrons. The van der Waals surface area contributed by atoms with Crippen molar-refractivity contribution in [2.24, 2.45) is 0 Å². The number of fused-ring (bicyclic) bond motifs is 1. The molecule has 4 heteroatoms. The molecule has 3 rings (SSSR count). The molecule has 0 bridgehead atoms. The van der Waals surface area contributed by atoms with Gasteiger partial charge in [-0.1, -0.05) is 6.42 Å². The first kappa shape index (κ1) is 14.9. The Morgan fingerprint density at radius 1 is 1.19 bits per heavy atom. The zero-order valence-electron chi connectivity index (χ0n) is 13.0. The third-order valence-electron chi connectivity index (χ3n) is 4.45. The van der Waals surface area contributed by atoms with Gasteiger partial charge in [0.2, 0.25) is 0 Å². The first-order valence-corrected chi connectivity index (χ1v) is 8.77. The molecule has 0 saturated carbocycles. The van der Waals surface area contributed by atoms with Crippen LogP contribution in [0.3, 0.4) is 0 Å². The highest BCUT2D eigenvalue weighted by Gasteiger charge is 2.09. The van der Waals surface area contributed by atoms with Crippen LogP contribution in [0.15, 0.2) is 23.1 Å². The van der Waals surface area contributed by atoms with Crippen molar-refractivity contribution in [1.82, 2.24) is 14.6 Å². The maximum Gasteiger partial charge on any atom is 0.0459 e. The molecule has 0 spiro atoms. The van der Waals surface area contributed by atoms with E-state index in [1.807, 2.05) is 0 Å². The third-order valence-corrected chi connectivity index (χ3v) is 5.29. The molecule has 1 aliphatic rings. The minimum atomic E-state index is 1.05. The Hall–Kier alpha value is -0.970. The predicted molar refractivity (Wildman–Crippen MR) is 91.9 cm³/mol. The highest BCUT2D eigenvalue weighted by Crippen LogP contribution is 2.25. The summed E-state index contributed by atoms with van der Waals surface area (Å²) in [6.45, 7) is 9.09. The van der Waals surface area contributed by atoms with Crippen LogP contribution in [0.4, 0.5) is 0 Å². The highest BCUT2D eigenvalue weighted by molar-refractivity contribution is 7.97. The molecule has 114 valence electrons. The number of likely N-dealkylation sites (tertiary alicyclic amines) is 1. The van der Waals surface area contributed by atoms with Crippen LogP contribution in [-0.2, 0) is 0 Å². The van der Waals surface area contributed by atoms with Crippen LogP contribution in [-0.4, -0.2) is 36.1 Å². The lowest BCUT2D eigenvalue weighted by Gasteiger charge is -2.26. The molecule has 21 heavy (non-hydrogen) atoms. The number of aryl methyl sites for hydroxylation is 2. The topological polar surface area (TPSA) is 31.1 Å². The number of benzene rings is 1. The van der Waals surface area contributed by atoms with E-state index in [0.29, 0.717) is 0 Å². The SMILES string of the molecule is Cc1[nH]c2ccc(SNCCN3CCCCC3)cc2c1C. The Bertz CT molecular complexity index is 599. The quantitative estimate of drug-likeness (QED) is 0.649. The molecule has 2 aromatic rings. The standard InChI is InChI=1S/C17H25N3S/c1-13-14(2)19-17-7-6-15(12-16(13)17)21-18-8-11-20-9-4-3-5-10-20/h6-7,12,18-19H,3-5,8-11H2,1-2H3. The van der Waals surface area contributed by atoms with Gasteiger partial charge in [0.25, 0.3) is 0 Å². The first-order valence-electron chi connectivity index (χ1n) is 7.95. The second-order valence-corrected chi connectivity index (χ2v) is 6.95. The van der Waals surface area contributed by atoms with Crippen molar-refractivity contribution in [2.45, 2.75) is 38.0 Å². The minimum absolute atomic E-state index is 1.05. The van der Waals surface area contributed by atoms with Gasteiger partial charge in [-0.3, -0.25) is 4.72 Å². The largest absolute Gasteiger partial charge is 0.358 e. The van der Waals surface area contributed by atoms with Crippen LogP contribution >= 0.6 is 11.9 Å². The molecule has 0 atom stereocenters. The van der Waals surface area contributed by atoms with Crippen molar-refractivity contribution in [3.05, 3.63) is 29.5 Å². The molecule has 1 aliphatic heterocycles. The van der Waals surface area contributed by atoms with Gasteiger partial charge in [0.15, 0.2) is 0 Å². The number of hydrogen-bond donors (Lipinski definition) is 2. The summed E-state index contributed by atoms with van der Waals surface area (Å²) in [5.74, 6) is 0. The first-order chi connectivity index (χ1) is 10.2. The van der Waals surface area contributed by atoms with Crippen LogP contribution in [0, 0.1) is 13.8 Å². The van der Waals surface area contributed by atoms with Gasteiger partial charge in [0, 0.05) is 34.6 Å². The smallest absolute Gasteiger partial charge is 0.0459 e. The van der Waals surface area contributed by atoms with E-state index < -0.39 is 0 Å². The van der Waals surface area contributed by atoms with E-state index >= 15 is 0 Å². The van der Waals surface area contributed by atoms with Gasteiger partial charge in [0.1, 0.15) is 0 Å². The second kappa shape index (κ2) is 6.86. The number of aromatic nitrogens is 1. The average molecular weight is 303 g/mol. The molecule has 0 unspecified atom stereocenters. The summed E-state index contributed by atoms with van der Waals surface area (Å²) in [7, 11) is 0. The van der Waals surface area contributed by atoms with E-state index in [1.54, 1.807) is 11.9 Å². The third kappa shape index (κ3) is 3.62. The summed E-state index contributed by atoms with van der Waals surface area (Å²) >= 11 is 1.75. The fraction of sp³-hybridized carbons (Fsp3) is 0.529. The number of H-pyrrole nitrogens is 1. The van der Waals surface area contributed by atoms with Crippen molar-refractivity contribution in [3.8, 4) is 0 Å². The molecule has 0 amide bonds. The Morgan fingerprint density at radius 2 is 2.00 bits per heavy atom. The highest BCUT2D eigenvalue weighted by atomic mass is 32.2. The molecule has 1 aromatic heterocycles. The van der Waals surface area contributed by atoms with E-state index in [-0.39, 0.29) is 0 Å². The van der Waals surface area contributed by atoms with Crippen LogP contribution in [0.25, 0.3) is 10.9 Å². The van der Waals surface area contributed by atoms with Gasteiger partial charge in [-0.15, -0.1) is 0 Å². The van der Waals surface area contributed by atoms with E-state index in [1.165, 1.54) is 59.4 Å². The number of rotatable bonds is 5. The molecule has 1 fully saturated rings. The van der Waals surface area contributed by atoms with Gasteiger partial charge in [-0.25, -0.2) is 0 Å². The fourth-order valence-electron chi connectivity index (χ4n) is 3.02. The van der Waals surface area contributed by atoms with Gasteiger partial charge in [-0.2, -0.15) is 0 Å². The molecule has 2 heterocycles. The molecule has 1 aromatic carbocycles. The van der Waals surface area contributed by atoms with Gasteiger partial charge in [-0.05, 0) is 75.5 Å². The predicted octanol–water partition coefficient (Wildman–Crippen LogP) is 3.87. The summed E-state index contributed by atoms with van der Waals surface area (Å²) in [6.07, 6.45) is 4.15. The second-order valence-electron chi connectivity index (χ2n) is 5.98.